The van der Waals surface area contributed by atoms with Crippen LogP contribution in [0.4, 0.5) is 10.5 Å². The Labute approximate surface area is 189 Å². The van der Waals surface area contributed by atoms with Crippen molar-refractivity contribution in [3.05, 3.63) is 70.3 Å². The predicted octanol–water partition coefficient (Wildman–Crippen LogP) is 1.56. The van der Waals surface area contributed by atoms with E-state index in [0.717, 1.165) is 22.0 Å². The van der Waals surface area contributed by atoms with Gasteiger partial charge in [0, 0.05) is 25.2 Å². The molecular formula is C21H28BN3O6S. The molecule has 0 fully saturated rings. The number of aliphatic hydroxyl groups is 1. The monoisotopic (exact) mass is 461 g/mol. The van der Waals surface area contributed by atoms with E-state index in [2.05, 4.69) is 5.32 Å². The lowest BCUT2D eigenvalue weighted by Crippen LogP contribution is -2.50. The average Bonchev–Trinajstić information content (AvgIpc) is 2.73. The molecule has 0 aliphatic heterocycles. The van der Waals surface area contributed by atoms with Gasteiger partial charge < -0.3 is 10.4 Å². The van der Waals surface area contributed by atoms with Gasteiger partial charge in [0.2, 0.25) is 17.9 Å². The van der Waals surface area contributed by atoms with Crippen LogP contribution in [-0.4, -0.2) is 61.6 Å². The largest absolute Gasteiger partial charge is 0.390 e. The number of nitro groups is 1. The fraction of sp³-hybridized carbons (Fsp3) is 0.381. The Morgan fingerprint density at radius 3 is 2.22 bits per heavy atom. The third-order valence-electron chi connectivity index (χ3n) is 4.80. The smallest absolute Gasteiger partial charge is 0.269 e. The maximum absolute atomic E-state index is 13.2. The molecule has 0 aliphatic rings. The van der Waals surface area contributed by atoms with Gasteiger partial charge in [-0.1, -0.05) is 44.2 Å². The molecule has 0 aromatic heterocycles. The highest BCUT2D eigenvalue weighted by atomic mass is 32.2. The number of amides is 1. The molecule has 0 radical (unpaired) electrons. The lowest BCUT2D eigenvalue weighted by Gasteiger charge is -2.30. The molecule has 172 valence electrons. The normalized spacial score (nSPS) is 13.7. The van der Waals surface area contributed by atoms with Crippen molar-refractivity contribution < 1.29 is 23.2 Å². The Morgan fingerprint density at radius 1 is 1.12 bits per heavy atom. The Balaban J connectivity index is 2.29. The molecule has 9 nitrogen and oxygen atoms in total. The molecule has 32 heavy (non-hydrogen) atoms. The minimum Gasteiger partial charge on any atom is -0.390 e. The van der Waals surface area contributed by atoms with Crippen LogP contribution in [0.3, 0.4) is 0 Å². The van der Waals surface area contributed by atoms with Crippen molar-refractivity contribution in [1.29, 1.82) is 0 Å². The zero-order valence-electron chi connectivity index (χ0n) is 18.3. The lowest BCUT2D eigenvalue weighted by molar-refractivity contribution is -0.384. The third-order valence-corrected chi connectivity index (χ3v) is 6.64. The summed E-state index contributed by atoms with van der Waals surface area (Å²) in [5, 5.41) is 24.5. The molecule has 0 aliphatic carbocycles. The van der Waals surface area contributed by atoms with Crippen molar-refractivity contribution in [3.63, 3.8) is 0 Å². The van der Waals surface area contributed by atoms with E-state index in [-0.39, 0.29) is 35.4 Å². The third kappa shape index (κ3) is 7.15. The minimum atomic E-state index is -4.03. The maximum Gasteiger partial charge on any atom is 0.269 e. The van der Waals surface area contributed by atoms with Crippen LogP contribution >= 0.6 is 0 Å². The van der Waals surface area contributed by atoms with E-state index in [1.54, 1.807) is 0 Å². The predicted molar refractivity (Wildman–Crippen MR) is 124 cm³/mol. The van der Waals surface area contributed by atoms with Crippen molar-refractivity contribution in [3.8, 4) is 0 Å². The Hall–Kier alpha value is -2.76. The van der Waals surface area contributed by atoms with E-state index in [1.165, 1.54) is 20.0 Å². The molecule has 0 spiro atoms. The van der Waals surface area contributed by atoms with Crippen LogP contribution in [-0.2, 0) is 16.4 Å². The number of hydrogen-bond donors (Lipinski definition) is 2. The highest BCUT2D eigenvalue weighted by Crippen LogP contribution is 2.21. The zero-order chi connectivity index (χ0) is 23.9. The molecule has 1 amide bonds. The molecule has 2 aromatic carbocycles. The topological polar surface area (TPSA) is 130 Å². The Kier molecular flexibility index (Phi) is 8.94. The summed E-state index contributed by atoms with van der Waals surface area (Å²) in [6.45, 7) is 3.59. The second-order valence-corrected chi connectivity index (χ2v) is 9.97. The summed E-state index contributed by atoms with van der Waals surface area (Å²) in [5.74, 6) is -0.373. The number of carbonyl (C=O) groups is 1. The van der Waals surface area contributed by atoms with Crippen LogP contribution in [0.2, 0.25) is 0 Å². The first kappa shape index (κ1) is 25.5. The summed E-state index contributed by atoms with van der Waals surface area (Å²) >= 11 is 0. The number of rotatable bonds is 11. The van der Waals surface area contributed by atoms with E-state index >= 15 is 0 Å². The SMILES string of the molecule is BC(=O)N[C@H](Cc1ccccc1)[C@@H](O)CN(CC(C)C)S(=O)(=O)c1ccc([N+](=O)[O-])cc1. The van der Waals surface area contributed by atoms with Gasteiger partial charge in [-0.2, -0.15) is 4.31 Å². The van der Waals surface area contributed by atoms with Crippen LogP contribution in [0.5, 0.6) is 0 Å². The van der Waals surface area contributed by atoms with Crippen LogP contribution in [0.1, 0.15) is 19.4 Å². The van der Waals surface area contributed by atoms with Crippen molar-refractivity contribution in [1.82, 2.24) is 9.62 Å². The molecule has 2 aromatic rings. The number of non-ortho nitro benzene ring substituents is 1. The van der Waals surface area contributed by atoms with E-state index in [9.17, 15) is 28.4 Å². The number of nitrogens with zero attached hydrogens (tertiary/aromatic N) is 2. The van der Waals surface area contributed by atoms with E-state index < -0.39 is 27.1 Å². The summed E-state index contributed by atoms with van der Waals surface area (Å²) in [6, 6.07) is 13.2. The Morgan fingerprint density at radius 2 is 1.72 bits per heavy atom. The molecule has 0 saturated heterocycles. The van der Waals surface area contributed by atoms with Gasteiger partial charge in [0.25, 0.3) is 5.69 Å². The number of benzene rings is 2. The van der Waals surface area contributed by atoms with E-state index in [0.29, 0.717) is 6.42 Å². The number of sulfonamides is 1. The first-order chi connectivity index (χ1) is 15.0. The molecule has 2 atom stereocenters. The first-order valence-corrected chi connectivity index (χ1v) is 11.7. The second kappa shape index (κ2) is 11.2. The summed E-state index contributed by atoms with van der Waals surface area (Å²) in [7, 11) is -2.69. The molecule has 2 N–H and O–H groups in total. The van der Waals surface area contributed by atoms with Gasteiger partial charge in [0.15, 0.2) is 5.81 Å². The number of aliphatic hydroxyl groups excluding tert-OH is 1. The minimum absolute atomic E-state index is 0.0386. The molecular weight excluding hydrogens is 433 g/mol. The molecule has 0 saturated carbocycles. The maximum atomic E-state index is 13.2. The van der Waals surface area contributed by atoms with Gasteiger partial charge in [-0.15, -0.1) is 0 Å². The van der Waals surface area contributed by atoms with Gasteiger partial charge in [-0.3, -0.25) is 14.9 Å². The fourth-order valence-corrected chi connectivity index (χ4v) is 4.94. The number of nitro benzene ring substituents is 1. The lowest BCUT2D eigenvalue weighted by atomic mass is 9.99. The highest BCUT2D eigenvalue weighted by molar-refractivity contribution is 7.89. The van der Waals surface area contributed by atoms with Crippen molar-refractivity contribution in [2.45, 2.75) is 37.3 Å². The van der Waals surface area contributed by atoms with Crippen LogP contribution in [0.25, 0.3) is 0 Å². The van der Waals surface area contributed by atoms with E-state index in [4.69, 9.17) is 0 Å². The van der Waals surface area contributed by atoms with Gasteiger partial charge >= 0.3 is 0 Å². The van der Waals surface area contributed by atoms with Gasteiger partial charge in [-0.05, 0) is 30.0 Å². The van der Waals surface area contributed by atoms with Crippen LogP contribution in [0.15, 0.2) is 59.5 Å². The number of hydrogen-bond acceptors (Lipinski definition) is 6. The van der Waals surface area contributed by atoms with Gasteiger partial charge in [0.1, 0.15) is 0 Å². The summed E-state index contributed by atoms with van der Waals surface area (Å²) < 4.78 is 27.6. The zero-order valence-corrected chi connectivity index (χ0v) is 19.2. The second-order valence-electron chi connectivity index (χ2n) is 8.03. The number of nitrogens with one attached hydrogen (secondary N) is 1. The van der Waals surface area contributed by atoms with E-state index in [1.807, 2.05) is 44.2 Å². The fourth-order valence-electron chi connectivity index (χ4n) is 3.32. The van der Waals surface area contributed by atoms with Crippen LogP contribution in [0, 0.1) is 16.0 Å². The molecule has 11 heteroatoms. The first-order valence-electron chi connectivity index (χ1n) is 10.2. The average molecular weight is 461 g/mol. The summed E-state index contributed by atoms with van der Waals surface area (Å²) in [5.41, 5.74) is 0.673. The molecule has 0 unspecified atom stereocenters. The van der Waals surface area contributed by atoms with Crippen molar-refractivity contribution in [2.75, 3.05) is 13.1 Å². The van der Waals surface area contributed by atoms with Gasteiger partial charge in [0.05, 0.1) is 22.0 Å². The Bertz CT molecular complexity index is 1020. The van der Waals surface area contributed by atoms with Gasteiger partial charge in [-0.25, -0.2) is 8.42 Å². The highest BCUT2D eigenvalue weighted by Gasteiger charge is 2.31. The number of carbonyl (C=O) groups excluding carboxylic acids is 1. The molecule has 2 rings (SSSR count). The molecule has 0 heterocycles. The van der Waals surface area contributed by atoms with Crippen LogP contribution < -0.4 is 5.32 Å². The van der Waals surface area contributed by atoms with Crippen molar-refractivity contribution >= 4 is 29.4 Å². The quantitative estimate of drug-likeness (QED) is 0.297. The summed E-state index contributed by atoms with van der Waals surface area (Å²) in [6.07, 6.45) is -0.847. The standard InChI is InChI=1S/C21H28BN3O6S/c1-15(2)13-24(32(30,31)18-10-8-17(9-11-18)25(28)29)14-20(26)19(23-21(22)27)12-16-6-4-3-5-7-16/h3-11,15,19-20,26H,12-14,22H2,1-2H3,(H,23,27)/t19-,20+/m1/s1. The molecule has 0 bridgehead atoms. The van der Waals surface area contributed by atoms with Crippen molar-refractivity contribution in [2.24, 2.45) is 5.92 Å². The summed E-state index contributed by atoms with van der Waals surface area (Å²) in [4.78, 5) is 21.9.